The van der Waals surface area contributed by atoms with E-state index in [2.05, 4.69) is 16.6 Å². The van der Waals surface area contributed by atoms with Crippen LogP contribution >= 0.6 is 11.6 Å². The molecule has 0 saturated heterocycles. The van der Waals surface area contributed by atoms with E-state index in [1.807, 2.05) is 0 Å². The van der Waals surface area contributed by atoms with E-state index in [1.165, 1.54) is 0 Å². The Labute approximate surface area is 110 Å². The molecular weight excluding hydrogens is 254 g/mol. The van der Waals surface area contributed by atoms with Gasteiger partial charge in [-0.05, 0) is 18.1 Å². The van der Waals surface area contributed by atoms with E-state index in [-0.39, 0.29) is 17.4 Å². The van der Waals surface area contributed by atoms with Gasteiger partial charge in [0.15, 0.2) is 0 Å². The van der Waals surface area contributed by atoms with Crippen molar-refractivity contribution >= 4 is 17.3 Å². The number of hydrogen-bond donors (Lipinski definition) is 0. The fourth-order valence-corrected chi connectivity index (χ4v) is 1.81. The molecule has 1 aromatic rings. The van der Waals surface area contributed by atoms with Crippen molar-refractivity contribution in [3.63, 3.8) is 0 Å². The molecule has 0 aromatic carbocycles. The van der Waals surface area contributed by atoms with Crippen molar-refractivity contribution in [2.24, 2.45) is 4.99 Å². The molecule has 0 fully saturated rings. The zero-order valence-corrected chi connectivity index (χ0v) is 10.8. The Kier molecular flexibility index (Phi) is 5.45. The van der Waals surface area contributed by atoms with Gasteiger partial charge >= 0.3 is 0 Å². The fourth-order valence-electron chi connectivity index (χ4n) is 1.69. The summed E-state index contributed by atoms with van der Waals surface area (Å²) in [4.78, 5) is 18.2. The lowest BCUT2D eigenvalue weighted by Crippen LogP contribution is -2.21. The van der Waals surface area contributed by atoms with E-state index >= 15 is 0 Å². The van der Waals surface area contributed by atoms with Crippen LogP contribution in [-0.4, -0.2) is 29.2 Å². The number of nitrogens with zero attached hydrogens (tertiary/aromatic N) is 3. The van der Waals surface area contributed by atoms with Crippen LogP contribution < -0.4 is 0 Å². The highest BCUT2D eigenvalue weighted by molar-refractivity contribution is 6.29. The second-order valence-electron chi connectivity index (χ2n) is 3.70. The van der Waals surface area contributed by atoms with E-state index in [1.54, 1.807) is 31.5 Å². The summed E-state index contributed by atoms with van der Waals surface area (Å²) in [6.07, 6.45) is 3.90. The van der Waals surface area contributed by atoms with Gasteiger partial charge in [0.2, 0.25) is 6.54 Å². The van der Waals surface area contributed by atoms with Crippen molar-refractivity contribution in [3.05, 3.63) is 51.8 Å². The Morgan fingerprint density at radius 3 is 2.89 bits per heavy atom. The van der Waals surface area contributed by atoms with Gasteiger partial charge < -0.3 is 0 Å². The monoisotopic (exact) mass is 267 g/mol. The molecule has 6 heteroatoms. The highest BCUT2D eigenvalue weighted by atomic mass is 35.5. The van der Waals surface area contributed by atoms with Crippen LogP contribution in [0.5, 0.6) is 0 Å². The third kappa shape index (κ3) is 3.92. The number of halogens is 1. The average Bonchev–Trinajstić information content (AvgIpc) is 2.34. The zero-order chi connectivity index (χ0) is 13.5. The summed E-state index contributed by atoms with van der Waals surface area (Å²) in [5, 5.41) is 11.0. The van der Waals surface area contributed by atoms with Crippen LogP contribution in [0.4, 0.5) is 0 Å². The highest BCUT2D eigenvalue weighted by Gasteiger charge is 2.21. The Bertz CT molecular complexity index is 457. The number of aliphatic imine (C=N–C) groups is 1. The summed E-state index contributed by atoms with van der Waals surface area (Å²) in [7, 11) is 1.55. The molecule has 1 unspecified atom stereocenters. The minimum absolute atomic E-state index is 0.178. The maximum absolute atomic E-state index is 10.6. The van der Waals surface area contributed by atoms with Gasteiger partial charge in [-0.2, -0.15) is 0 Å². The maximum atomic E-state index is 10.6. The third-order valence-electron chi connectivity index (χ3n) is 2.54. The van der Waals surface area contributed by atoms with Gasteiger partial charge in [-0.15, -0.1) is 6.58 Å². The number of nitro groups is 1. The number of rotatable bonds is 6. The van der Waals surface area contributed by atoms with Crippen LogP contribution in [0.1, 0.15) is 17.9 Å². The molecule has 1 heterocycles. The highest BCUT2D eigenvalue weighted by Crippen LogP contribution is 2.22. The van der Waals surface area contributed by atoms with Crippen LogP contribution in [0, 0.1) is 10.1 Å². The van der Waals surface area contributed by atoms with E-state index < -0.39 is 0 Å². The second kappa shape index (κ2) is 6.86. The summed E-state index contributed by atoms with van der Waals surface area (Å²) in [5.74, 6) is -0.178. The minimum atomic E-state index is -0.387. The quantitative estimate of drug-likeness (QED) is 0.262. The Balaban J connectivity index is 3.04. The molecule has 0 N–H and O–H groups in total. The molecular formula is C12H14ClN3O2. The van der Waals surface area contributed by atoms with Gasteiger partial charge in [0.25, 0.3) is 0 Å². The third-order valence-corrected chi connectivity index (χ3v) is 2.76. The molecule has 1 rings (SSSR count). The van der Waals surface area contributed by atoms with Gasteiger partial charge in [0.05, 0.1) is 5.71 Å². The topological polar surface area (TPSA) is 68.4 Å². The first-order valence-corrected chi connectivity index (χ1v) is 5.76. The van der Waals surface area contributed by atoms with Gasteiger partial charge in [-0.3, -0.25) is 15.1 Å². The number of aromatic nitrogens is 1. The fraction of sp³-hybridized carbons (Fsp3) is 0.333. The number of pyridine rings is 1. The largest absolute Gasteiger partial charge is 0.290 e. The van der Waals surface area contributed by atoms with Crippen LogP contribution in [0.15, 0.2) is 36.0 Å². The van der Waals surface area contributed by atoms with Crippen LogP contribution in [0.3, 0.4) is 0 Å². The van der Waals surface area contributed by atoms with Crippen molar-refractivity contribution in [1.29, 1.82) is 0 Å². The minimum Gasteiger partial charge on any atom is -0.290 e. The van der Waals surface area contributed by atoms with E-state index in [0.717, 1.165) is 5.56 Å². The lowest BCUT2D eigenvalue weighted by molar-refractivity contribution is -0.463. The standard InChI is InChI=1S/C12H14ClN3O2/c1-3-4-10(11(14-2)8-16(17)18)9-5-6-12(13)15-7-9/h3,5-7,10H,1,4,8H2,2H3. The Morgan fingerprint density at radius 2 is 2.44 bits per heavy atom. The van der Waals surface area contributed by atoms with Crippen LogP contribution in [0.2, 0.25) is 5.15 Å². The molecule has 18 heavy (non-hydrogen) atoms. The van der Waals surface area contributed by atoms with E-state index in [9.17, 15) is 10.1 Å². The molecule has 0 aliphatic rings. The Morgan fingerprint density at radius 1 is 1.72 bits per heavy atom. The first-order valence-electron chi connectivity index (χ1n) is 5.38. The van der Waals surface area contributed by atoms with Crippen LogP contribution in [0.25, 0.3) is 0 Å². The summed E-state index contributed by atoms with van der Waals surface area (Å²) in [6.45, 7) is 3.39. The number of hydrogen-bond acceptors (Lipinski definition) is 4. The molecule has 0 amide bonds. The van der Waals surface area contributed by atoms with Gasteiger partial charge in [-0.25, -0.2) is 4.98 Å². The predicted molar refractivity (Wildman–Crippen MR) is 72.0 cm³/mol. The number of allylic oxidation sites excluding steroid dienone is 1. The molecule has 0 aliphatic carbocycles. The van der Waals surface area contributed by atoms with E-state index in [4.69, 9.17) is 11.6 Å². The zero-order valence-electron chi connectivity index (χ0n) is 10.0. The van der Waals surface area contributed by atoms with Crippen molar-refractivity contribution in [2.75, 3.05) is 13.6 Å². The average molecular weight is 268 g/mol. The normalized spacial score (nSPS) is 13.1. The maximum Gasteiger partial charge on any atom is 0.241 e. The van der Waals surface area contributed by atoms with Crippen LogP contribution in [-0.2, 0) is 0 Å². The molecule has 1 aromatic heterocycles. The summed E-state index contributed by atoms with van der Waals surface area (Å²) < 4.78 is 0. The summed E-state index contributed by atoms with van der Waals surface area (Å²) in [6, 6.07) is 3.46. The van der Waals surface area contributed by atoms with Crippen molar-refractivity contribution in [2.45, 2.75) is 12.3 Å². The van der Waals surface area contributed by atoms with Gasteiger partial charge in [0.1, 0.15) is 5.15 Å². The molecule has 0 radical (unpaired) electrons. The first kappa shape index (κ1) is 14.3. The summed E-state index contributed by atoms with van der Waals surface area (Å²) in [5.41, 5.74) is 1.35. The SMILES string of the molecule is C=CCC(C(C[N+](=O)[O-])=NC)c1ccc(Cl)nc1. The predicted octanol–water partition coefficient (Wildman–Crippen LogP) is 2.74. The van der Waals surface area contributed by atoms with Crippen molar-refractivity contribution in [3.8, 4) is 0 Å². The molecule has 0 spiro atoms. The molecule has 0 aliphatic heterocycles. The van der Waals surface area contributed by atoms with Crippen molar-refractivity contribution < 1.29 is 4.92 Å². The van der Waals surface area contributed by atoms with Gasteiger partial charge in [-0.1, -0.05) is 23.7 Å². The smallest absolute Gasteiger partial charge is 0.241 e. The molecule has 0 bridgehead atoms. The molecule has 96 valence electrons. The summed E-state index contributed by atoms with van der Waals surface area (Å²) >= 11 is 5.72. The lowest BCUT2D eigenvalue weighted by Gasteiger charge is -2.15. The Hall–Kier alpha value is -1.75. The lowest BCUT2D eigenvalue weighted by atomic mass is 9.92. The molecule has 1 atom stereocenters. The second-order valence-corrected chi connectivity index (χ2v) is 4.08. The first-order chi connectivity index (χ1) is 8.58. The molecule has 0 saturated carbocycles. The molecule has 5 nitrogen and oxygen atoms in total. The van der Waals surface area contributed by atoms with Gasteiger partial charge in [0, 0.05) is 24.1 Å². The van der Waals surface area contributed by atoms with Crippen molar-refractivity contribution in [1.82, 2.24) is 4.98 Å². The van der Waals surface area contributed by atoms with E-state index in [0.29, 0.717) is 17.3 Å².